The molecule has 0 saturated carbocycles. The van der Waals surface area contributed by atoms with E-state index in [2.05, 4.69) is 4.98 Å². The highest BCUT2D eigenvalue weighted by Crippen LogP contribution is 2.13. The zero-order valence-electron chi connectivity index (χ0n) is 5.52. The van der Waals surface area contributed by atoms with Gasteiger partial charge in [0, 0.05) is 6.20 Å². The smallest absolute Gasteiger partial charge is 0.338 e. The minimum absolute atomic E-state index is 0.139. The molecule has 0 saturated heterocycles. The van der Waals surface area contributed by atoms with Crippen LogP contribution in [0.3, 0.4) is 0 Å². The normalized spacial score (nSPS) is 9.55. The number of pyridine rings is 1. The first-order valence-corrected chi connectivity index (χ1v) is 3.68. The van der Waals surface area contributed by atoms with Gasteiger partial charge in [-0.2, -0.15) is 0 Å². The molecular weight excluding hydrogens is 164 g/mol. The summed E-state index contributed by atoms with van der Waals surface area (Å²) < 4.78 is 0. The molecule has 5 heteroatoms. The number of hydrogen-bond acceptors (Lipinski definition) is 4. The lowest BCUT2D eigenvalue weighted by Gasteiger charge is -1.98. The van der Waals surface area contributed by atoms with E-state index in [-0.39, 0.29) is 5.56 Å². The van der Waals surface area contributed by atoms with Gasteiger partial charge in [0.1, 0.15) is 5.03 Å². The van der Waals surface area contributed by atoms with Crippen molar-refractivity contribution in [2.24, 2.45) is 5.14 Å². The fourth-order valence-corrected chi connectivity index (χ4v) is 1.05. The van der Waals surface area contributed by atoms with E-state index in [0.29, 0.717) is 5.03 Å². The van der Waals surface area contributed by atoms with Gasteiger partial charge in [-0.1, -0.05) is 0 Å². The molecule has 3 N–H and O–H groups in total. The largest absolute Gasteiger partial charge is 0.478 e. The van der Waals surface area contributed by atoms with Crippen molar-refractivity contribution in [3.63, 3.8) is 0 Å². The van der Waals surface area contributed by atoms with Gasteiger partial charge < -0.3 is 5.11 Å². The Hall–Kier alpha value is -1.07. The van der Waals surface area contributed by atoms with Gasteiger partial charge in [-0.05, 0) is 24.1 Å². The number of rotatable bonds is 2. The van der Waals surface area contributed by atoms with Crippen LogP contribution in [-0.4, -0.2) is 16.1 Å². The van der Waals surface area contributed by atoms with Crippen molar-refractivity contribution >= 4 is 17.9 Å². The van der Waals surface area contributed by atoms with Crippen LogP contribution in [0, 0.1) is 0 Å². The molecule has 1 aromatic rings. The average molecular weight is 170 g/mol. The third kappa shape index (κ3) is 1.69. The summed E-state index contributed by atoms with van der Waals surface area (Å²) in [6.07, 6.45) is 1.50. The van der Waals surface area contributed by atoms with Crippen LogP contribution >= 0.6 is 11.9 Å². The maximum Gasteiger partial charge on any atom is 0.338 e. The molecular formula is C6H6N2O2S. The van der Waals surface area contributed by atoms with E-state index < -0.39 is 5.97 Å². The Morgan fingerprint density at radius 2 is 2.45 bits per heavy atom. The third-order valence-electron chi connectivity index (χ3n) is 1.11. The third-order valence-corrected chi connectivity index (χ3v) is 1.66. The summed E-state index contributed by atoms with van der Waals surface area (Å²) in [5.74, 6) is -1.01. The van der Waals surface area contributed by atoms with Crippen LogP contribution in [0.15, 0.2) is 23.4 Å². The number of carboxylic acid groups (broad SMARTS) is 1. The quantitative estimate of drug-likeness (QED) is 0.640. The second kappa shape index (κ2) is 3.36. The Morgan fingerprint density at radius 1 is 1.73 bits per heavy atom. The number of aromatic carboxylic acids is 1. The molecule has 1 rings (SSSR count). The molecule has 0 spiro atoms. The van der Waals surface area contributed by atoms with E-state index in [1.807, 2.05) is 0 Å². The average Bonchev–Trinajstić information content (AvgIpc) is 2.04. The molecule has 0 aliphatic heterocycles. The van der Waals surface area contributed by atoms with E-state index >= 15 is 0 Å². The van der Waals surface area contributed by atoms with Crippen molar-refractivity contribution in [1.82, 2.24) is 4.98 Å². The summed E-state index contributed by atoms with van der Waals surface area (Å²) in [5.41, 5.74) is 0.139. The molecule has 0 bridgehead atoms. The minimum Gasteiger partial charge on any atom is -0.478 e. The number of nitrogens with two attached hydrogens (primary N) is 1. The summed E-state index contributed by atoms with van der Waals surface area (Å²) in [5, 5.41) is 14.1. The molecule has 0 fully saturated rings. The van der Waals surface area contributed by atoms with Crippen LogP contribution < -0.4 is 5.14 Å². The summed E-state index contributed by atoms with van der Waals surface area (Å²) in [7, 11) is 0. The zero-order valence-corrected chi connectivity index (χ0v) is 6.34. The second-order valence-electron chi connectivity index (χ2n) is 1.78. The number of carbonyl (C=O) groups is 1. The zero-order chi connectivity index (χ0) is 8.27. The van der Waals surface area contributed by atoms with Crippen molar-refractivity contribution in [2.75, 3.05) is 0 Å². The molecule has 0 aromatic carbocycles. The fourth-order valence-electron chi connectivity index (χ4n) is 0.647. The summed E-state index contributed by atoms with van der Waals surface area (Å²) in [6.45, 7) is 0. The van der Waals surface area contributed by atoms with Crippen LogP contribution in [-0.2, 0) is 0 Å². The Labute approximate surface area is 67.6 Å². The molecule has 1 aromatic heterocycles. The van der Waals surface area contributed by atoms with Crippen molar-refractivity contribution < 1.29 is 9.90 Å². The Kier molecular flexibility index (Phi) is 2.45. The molecule has 0 amide bonds. The number of aromatic nitrogens is 1. The molecule has 0 aliphatic rings. The summed E-state index contributed by atoms with van der Waals surface area (Å²) >= 11 is 0.832. The number of hydrogen-bond donors (Lipinski definition) is 2. The van der Waals surface area contributed by atoms with Gasteiger partial charge >= 0.3 is 5.97 Å². The summed E-state index contributed by atoms with van der Waals surface area (Å²) in [6, 6.07) is 3.02. The van der Waals surface area contributed by atoms with Gasteiger partial charge in [0.05, 0.1) is 5.56 Å². The molecule has 4 nitrogen and oxygen atoms in total. The highest BCUT2D eigenvalue weighted by Gasteiger charge is 2.08. The van der Waals surface area contributed by atoms with Crippen molar-refractivity contribution in [3.05, 3.63) is 23.9 Å². The highest BCUT2D eigenvalue weighted by atomic mass is 32.2. The van der Waals surface area contributed by atoms with Gasteiger partial charge in [-0.3, -0.25) is 5.14 Å². The van der Waals surface area contributed by atoms with E-state index in [4.69, 9.17) is 10.2 Å². The van der Waals surface area contributed by atoms with Crippen LogP contribution in [0.5, 0.6) is 0 Å². The molecule has 0 radical (unpaired) electrons. The first-order valence-electron chi connectivity index (χ1n) is 2.80. The van der Waals surface area contributed by atoms with Gasteiger partial charge in [0.2, 0.25) is 0 Å². The van der Waals surface area contributed by atoms with Crippen molar-refractivity contribution in [3.8, 4) is 0 Å². The van der Waals surface area contributed by atoms with Crippen molar-refractivity contribution in [1.29, 1.82) is 0 Å². The SMILES string of the molecule is NSc1ncccc1C(=O)O. The van der Waals surface area contributed by atoms with Crippen molar-refractivity contribution in [2.45, 2.75) is 5.03 Å². The van der Waals surface area contributed by atoms with Gasteiger partial charge in [-0.25, -0.2) is 9.78 Å². The Bertz CT molecular complexity index is 277. The molecule has 0 unspecified atom stereocenters. The molecule has 0 atom stereocenters. The number of nitrogens with zero attached hydrogens (tertiary/aromatic N) is 1. The lowest BCUT2D eigenvalue weighted by molar-refractivity contribution is 0.0692. The predicted molar refractivity (Wildman–Crippen MR) is 41.2 cm³/mol. The topological polar surface area (TPSA) is 76.2 Å². The predicted octanol–water partition coefficient (Wildman–Crippen LogP) is 0.746. The summed E-state index contributed by atoms with van der Waals surface area (Å²) in [4.78, 5) is 14.2. The maximum atomic E-state index is 10.5. The Balaban J connectivity index is 3.12. The maximum absolute atomic E-state index is 10.5. The van der Waals surface area contributed by atoms with Gasteiger partial charge in [0.15, 0.2) is 0 Å². The lowest BCUT2D eigenvalue weighted by Crippen LogP contribution is -2.01. The standard InChI is InChI=1S/C6H6N2O2S/c7-11-5-4(6(9)10)2-1-3-8-5/h1-3H,7H2,(H,9,10). The second-order valence-corrected chi connectivity index (χ2v) is 2.40. The molecule has 1 heterocycles. The van der Waals surface area contributed by atoms with E-state index in [9.17, 15) is 4.79 Å². The lowest BCUT2D eigenvalue weighted by atomic mass is 10.3. The number of carboxylic acids is 1. The van der Waals surface area contributed by atoms with Crippen LogP contribution in [0.2, 0.25) is 0 Å². The fraction of sp³-hybridized carbons (Fsp3) is 0. The van der Waals surface area contributed by atoms with Crippen LogP contribution in [0.25, 0.3) is 0 Å². The van der Waals surface area contributed by atoms with Crippen LogP contribution in [0.1, 0.15) is 10.4 Å². The minimum atomic E-state index is -1.01. The van der Waals surface area contributed by atoms with Crippen LogP contribution in [0.4, 0.5) is 0 Å². The van der Waals surface area contributed by atoms with Gasteiger partial charge in [0.25, 0.3) is 0 Å². The Morgan fingerprint density at radius 3 is 2.91 bits per heavy atom. The van der Waals surface area contributed by atoms with E-state index in [0.717, 1.165) is 11.9 Å². The van der Waals surface area contributed by atoms with E-state index in [1.165, 1.54) is 12.3 Å². The highest BCUT2D eigenvalue weighted by molar-refractivity contribution is 7.97. The molecule has 0 aliphatic carbocycles. The first kappa shape index (κ1) is 8.03. The van der Waals surface area contributed by atoms with Gasteiger partial charge in [-0.15, -0.1) is 0 Å². The monoisotopic (exact) mass is 170 g/mol. The molecule has 11 heavy (non-hydrogen) atoms. The first-order chi connectivity index (χ1) is 5.25. The molecule has 58 valence electrons. The van der Waals surface area contributed by atoms with E-state index in [1.54, 1.807) is 6.07 Å².